The van der Waals surface area contributed by atoms with Crippen LogP contribution < -0.4 is 11.1 Å². The minimum Gasteiger partial charge on any atom is -0.492 e. The quantitative estimate of drug-likeness (QED) is 0.139. The topological polar surface area (TPSA) is 172 Å². The number of thioether (sulfide) groups is 1. The summed E-state index contributed by atoms with van der Waals surface area (Å²) in [4.78, 5) is 64.0. The number of benzene rings is 2. The number of nitrogen functional groups attached to an aromatic ring is 1. The summed E-state index contributed by atoms with van der Waals surface area (Å²) in [6, 6.07) is 17.4. The number of amides is 2. The summed E-state index contributed by atoms with van der Waals surface area (Å²) in [7, 11) is 2.68. The fourth-order valence-electron chi connectivity index (χ4n) is 5.40. The fourth-order valence-corrected chi connectivity index (χ4v) is 7.25. The second-order valence-electron chi connectivity index (χ2n) is 10.6. The highest BCUT2D eigenvalue weighted by Crippen LogP contribution is 2.43. The number of aromatic nitrogens is 1. The molecule has 15 heteroatoms. The van der Waals surface area contributed by atoms with Crippen LogP contribution in [0.4, 0.5) is 5.13 Å². The van der Waals surface area contributed by atoms with Gasteiger partial charge in [0.2, 0.25) is 0 Å². The third-order valence-corrected chi connectivity index (χ3v) is 9.63. The molecular weight excluding hydrogens is 659 g/mol. The molecule has 1 fully saturated rings. The zero-order valence-corrected chi connectivity index (χ0v) is 27.5. The number of cyclic esters (lactones) is 1. The molecule has 0 unspecified atom stereocenters. The number of methoxy groups -OCH3 is 1. The molecule has 1 saturated heterocycles. The molecule has 4 heterocycles. The maximum absolute atomic E-state index is 14.3. The molecule has 2 atom stereocenters. The van der Waals surface area contributed by atoms with Crippen LogP contribution in [0.2, 0.25) is 0 Å². The highest BCUT2D eigenvalue weighted by molar-refractivity contribution is 8.00. The number of ether oxygens (including phenoxy) is 3. The summed E-state index contributed by atoms with van der Waals surface area (Å²) in [5, 5.41) is 7.59. The Balaban J connectivity index is 1.35. The summed E-state index contributed by atoms with van der Waals surface area (Å²) in [5.74, 6) is -2.13. The summed E-state index contributed by atoms with van der Waals surface area (Å²) in [6.45, 7) is 1.56. The first-order valence-electron chi connectivity index (χ1n) is 14.5. The van der Waals surface area contributed by atoms with E-state index in [1.807, 2.05) is 60.7 Å². The number of fused-ring (bicyclic) bond motifs is 1. The number of nitrogens with two attached hydrogens (primary N) is 1. The van der Waals surface area contributed by atoms with E-state index in [9.17, 15) is 19.2 Å². The van der Waals surface area contributed by atoms with E-state index in [-0.39, 0.29) is 45.1 Å². The van der Waals surface area contributed by atoms with E-state index in [0.717, 1.165) is 22.5 Å². The fraction of sp³-hybridized carbons (Fsp3) is 0.212. The standard InChI is InChI=1S/C33H29N5O8S2/c1-17-26(43-2)22(45-31(17)41)14-20-15-47-30-24(36-28(39)23(37-44-3)21-16-48-33(34)35-21)29(40)38(30)25(20)32(42)46-27(18-10-6-4-7-11-18)19-12-8-5-9-13-19/h4-14,16,24,27,30H,15H2,1-3H3,(H2,34,35)(H,36,39)/b22-14+,37-23-/t24-,30-/m1/s1. The second kappa shape index (κ2) is 13.8. The summed E-state index contributed by atoms with van der Waals surface area (Å²) in [5.41, 5.74) is 7.79. The molecule has 3 aliphatic rings. The lowest BCUT2D eigenvalue weighted by molar-refractivity contribution is -0.154. The van der Waals surface area contributed by atoms with Gasteiger partial charge in [-0.3, -0.25) is 14.5 Å². The minimum absolute atomic E-state index is 0.0484. The SMILES string of the molecule is CO/N=C(\C(=O)N[C@@H]1C(=O)N2C(C(=O)OC(c3ccccc3)c3ccccc3)=C(/C=C3/OC(=O)C(C)=C3OC)CS[C@H]12)c1csc(N)n1. The first kappa shape index (κ1) is 32.5. The van der Waals surface area contributed by atoms with Gasteiger partial charge >= 0.3 is 11.9 Å². The van der Waals surface area contributed by atoms with E-state index >= 15 is 0 Å². The van der Waals surface area contributed by atoms with Gasteiger partial charge in [0.05, 0.1) is 12.7 Å². The monoisotopic (exact) mass is 687 g/mol. The Labute approximate surface area is 283 Å². The number of rotatable bonds is 10. The molecule has 1 aromatic heterocycles. The van der Waals surface area contributed by atoms with Crippen molar-refractivity contribution in [3.8, 4) is 0 Å². The number of thiazole rings is 1. The third-order valence-electron chi connectivity index (χ3n) is 7.65. The lowest BCUT2D eigenvalue weighted by Gasteiger charge is -2.49. The molecule has 13 nitrogen and oxygen atoms in total. The number of oxime groups is 1. The van der Waals surface area contributed by atoms with Gasteiger partial charge in [-0.15, -0.1) is 23.1 Å². The van der Waals surface area contributed by atoms with E-state index in [2.05, 4.69) is 15.5 Å². The van der Waals surface area contributed by atoms with Crippen LogP contribution in [0.25, 0.3) is 0 Å². The number of esters is 2. The van der Waals surface area contributed by atoms with Crippen molar-refractivity contribution in [1.82, 2.24) is 15.2 Å². The third kappa shape index (κ3) is 6.16. The van der Waals surface area contributed by atoms with Crippen LogP contribution in [0.5, 0.6) is 0 Å². The summed E-state index contributed by atoms with van der Waals surface area (Å²) < 4.78 is 17.0. The Hall–Kier alpha value is -5.41. The van der Waals surface area contributed by atoms with Crippen molar-refractivity contribution < 1.29 is 38.2 Å². The van der Waals surface area contributed by atoms with Crippen LogP contribution in [0.3, 0.4) is 0 Å². The van der Waals surface area contributed by atoms with E-state index in [1.165, 1.54) is 37.0 Å². The van der Waals surface area contributed by atoms with Gasteiger partial charge in [0.1, 0.15) is 29.9 Å². The Morgan fingerprint density at radius 3 is 2.35 bits per heavy atom. The number of hydrogen-bond acceptors (Lipinski definition) is 13. The highest BCUT2D eigenvalue weighted by Gasteiger charge is 2.55. The normalized spacial score (nSPS) is 20.0. The molecule has 246 valence electrons. The molecule has 0 radical (unpaired) electrons. The number of carbonyl (C=O) groups is 4. The first-order chi connectivity index (χ1) is 23.2. The summed E-state index contributed by atoms with van der Waals surface area (Å²) in [6.07, 6.45) is 0.697. The van der Waals surface area contributed by atoms with Crippen molar-refractivity contribution in [2.24, 2.45) is 5.16 Å². The van der Waals surface area contributed by atoms with Gasteiger partial charge < -0.3 is 30.1 Å². The Morgan fingerprint density at radius 2 is 1.77 bits per heavy atom. The molecular formula is C33H29N5O8S2. The number of β-lactam (4-membered cyclic amide) rings is 1. The Kier molecular flexibility index (Phi) is 9.32. The highest BCUT2D eigenvalue weighted by atomic mass is 32.2. The lowest BCUT2D eigenvalue weighted by Crippen LogP contribution is -2.71. The Morgan fingerprint density at radius 1 is 1.10 bits per heavy atom. The Bertz CT molecular complexity index is 1860. The van der Waals surface area contributed by atoms with Crippen molar-refractivity contribution in [3.05, 3.63) is 117 Å². The minimum atomic E-state index is -1.02. The van der Waals surface area contributed by atoms with Crippen LogP contribution in [0.1, 0.15) is 29.8 Å². The number of allylic oxidation sites excluding steroid dienone is 1. The average molecular weight is 688 g/mol. The van der Waals surface area contributed by atoms with Crippen molar-refractivity contribution in [1.29, 1.82) is 0 Å². The van der Waals surface area contributed by atoms with Crippen molar-refractivity contribution >= 4 is 57.7 Å². The maximum atomic E-state index is 14.3. The average Bonchev–Trinajstić information content (AvgIpc) is 3.65. The van der Waals surface area contributed by atoms with Crippen LogP contribution in [-0.4, -0.2) is 70.7 Å². The van der Waals surface area contributed by atoms with Gasteiger partial charge in [-0.25, -0.2) is 14.6 Å². The van der Waals surface area contributed by atoms with Crippen molar-refractivity contribution in [2.45, 2.75) is 24.4 Å². The van der Waals surface area contributed by atoms with Gasteiger partial charge in [0.25, 0.3) is 11.8 Å². The van der Waals surface area contributed by atoms with Gasteiger partial charge in [0.15, 0.2) is 28.5 Å². The molecule has 0 spiro atoms. The zero-order valence-electron chi connectivity index (χ0n) is 25.9. The van der Waals surface area contributed by atoms with Crippen molar-refractivity contribution in [3.63, 3.8) is 0 Å². The lowest BCUT2D eigenvalue weighted by atomic mass is 10.00. The molecule has 3 N–H and O–H groups in total. The van der Waals surface area contributed by atoms with Crippen LogP contribution in [0.15, 0.2) is 106 Å². The molecule has 48 heavy (non-hydrogen) atoms. The number of anilines is 1. The summed E-state index contributed by atoms with van der Waals surface area (Å²) >= 11 is 2.42. The number of nitrogens with zero attached hydrogens (tertiary/aromatic N) is 3. The molecule has 3 aliphatic heterocycles. The maximum Gasteiger partial charge on any atom is 0.356 e. The second-order valence-corrected chi connectivity index (χ2v) is 12.6. The van der Waals surface area contributed by atoms with Gasteiger partial charge in [-0.1, -0.05) is 65.8 Å². The molecule has 0 aliphatic carbocycles. The molecule has 0 bridgehead atoms. The van der Waals surface area contributed by atoms with Gasteiger partial charge in [-0.05, 0) is 29.7 Å². The molecule has 6 rings (SSSR count). The van der Waals surface area contributed by atoms with Crippen LogP contribution in [0, 0.1) is 0 Å². The zero-order chi connectivity index (χ0) is 33.9. The van der Waals surface area contributed by atoms with Crippen LogP contribution >= 0.6 is 23.1 Å². The number of carbonyl (C=O) groups excluding carboxylic acids is 4. The molecule has 0 saturated carbocycles. The van der Waals surface area contributed by atoms with E-state index in [1.54, 1.807) is 12.3 Å². The van der Waals surface area contributed by atoms with Crippen LogP contribution in [-0.2, 0) is 38.2 Å². The molecule has 2 amide bonds. The predicted octanol–water partition coefficient (Wildman–Crippen LogP) is 3.42. The van der Waals surface area contributed by atoms with Crippen molar-refractivity contribution in [2.75, 3.05) is 25.7 Å². The van der Waals surface area contributed by atoms with Gasteiger partial charge in [-0.2, -0.15) is 0 Å². The van der Waals surface area contributed by atoms with E-state index in [4.69, 9.17) is 24.8 Å². The molecule has 3 aromatic rings. The largest absolute Gasteiger partial charge is 0.492 e. The molecule has 2 aromatic carbocycles. The first-order valence-corrected chi connectivity index (χ1v) is 16.5. The smallest absolute Gasteiger partial charge is 0.356 e. The predicted molar refractivity (Wildman–Crippen MR) is 177 cm³/mol. The van der Waals surface area contributed by atoms with E-state index < -0.39 is 41.3 Å². The van der Waals surface area contributed by atoms with E-state index in [0.29, 0.717) is 5.57 Å². The number of hydrogen-bond donors (Lipinski definition) is 2. The number of nitrogens with one attached hydrogen (secondary N) is 1. The van der Waals surface area contributed by atoms with Gasteiger partial charge in [0, 0.05) is 11.1 Å².